The predicted octanol–water partition coefficient (Wildman–Crippen LogP) is 3.50. The third kappa shape index (κ3) is 2.76. The summed E-state index contributed by atoms with van der Waals surface area (Å²) in [6.07, 6.45) is 6.33. The van der Waals surface area contributed by atoms with E-state index in [0.717, 1.165) is 35.3 Å². The summed E-state index contributed by atoms with van der Waals surface area (Å²) in [7, 11) is 3.52. The summed E-state index contributed by atoms with van der Waals surface area (Å²) in [5.41, 5.74) is 8.44. The molecule has 2 aliphatic rings. The molecule has 4 unspecified atom stereocenters. The first-order valence-corrected chi connectivity index (χ1v) is 8.12. The van der Waals surface area contributed by atoms with Crippen molar-refractivity contribution >= 4 is 0 Å². The molecule has 4 atom stereocenters. The first kappa shape index (κ1) is 14.7. The molecule has 3 heteroatoms. The van der Waals surface area contributed by atoms with Gasteiger partial charge in [0.1, 0.15) is 11.5 Å². The molecule has 116 valence electrons. The molecule has 2 bridgehead atoms. The Kier molecular flexibility index (Phi) is 4.12. The van der Waals surface area contributed by atoms with Gasteiger partial charge in [0, 0.05) is 11.6 Å². The highest BCUT2D eigenvalue weighted by Gasteiger charge is 2.41. The van der Waals surface area contributed by atoms with E-state index in [2.05, 4.69) is 12.1 Å². The molecular weight excluding hydrogens is 262 g/mol. The maximum atomic E-state index is 5.95. The quantitative estimate of drug-likeness (QED) is 0.902. The highest BCUT2D eigenvalue weighted by molar-refractivity contribution is 5.49. The van der Waals surface area contributed by atoms with E-state index in [1.165, 1.54) is 31.2 Å². The normalized spacial score (nSPS) is 28.7. The summed E-state index contributed by atoms with van der Waals surface area (Å²) < 4.78 is 11.3. The predicted molar refractivity (Wildman–Crippen MR) is 85.1 cm³/mol. The van der Waals surface area contributed by atoms with E-state index in [4.69, 9.17) is 15.2 Å². The average Bonchev–Trinajstić information content (AvgIpc) is 3.08. The Labute approximate surface area is 127 Å². The number of methoxy groups -OCH3 is 2. The molecule has 3 rings (SSSR count). The fourth-order valence-electron chi connectivity index (χ4n) is 4.41. The van der Waals surface area contributed by atoms with E-state index in [9.17, 15) is 0 Å². The lowest BCUT2D eigenvalue weighted by atomic mass is 9.82. The molecule has 0 saturated heterocycles. The van der Waals surface area contributed by atoms with Crippen molar-refractivity contribution in [3.8, 4) is 11.5 Å². The minimum absolute atomic E-state index is 0.122. The van der Waals surface area contributed by atoms with Crippen LogP contribution in [0.3, 0.4) is 0 Å². The summed E-state index contributed by atoms with van der Waals surface area (Å²) in [5, 5.41) is 0. The molecule has 2 saturated carbocycles. The Hall–Kier alpha value is -1.22. The zero-order valence-electron chi connectivity index (χ0n) is 13.4. The summed E-state index contributed by atoms with van der Waals surface area (Å²) >= 11 is 0. The van der Waals surface area contributed by atoms with E-state index in [-0.39, 0.29) is 6.04 Å². The number of fused-ring (bicyclic) bond motifs is 2. The van der Waals surface area contributed by atoms with Crippen molar-refractivity contribution in [3.63, 3.8) is 0 Å². The Morgan fingerprint density at radius 3 is 2.43 bits per heavy atom. The van der Waals surface area contributed by atoms with Gasteiger partial charge in [-0.2, -0.15) is 0 Å². The Morgan fingerprint density at radius 1 is 1.14 bits per heavy atom. The lowest BCUT2D eigenvalue weighted by Crippen LogP contribution is -2.18. The van der Waals surface area contributed by atoms with Crippen LogP contribution in [0.25, 0.3) is 0 Å². The fraction of sp³-hybridized carbons (Fsp3) is 0.667. The van der Waals surface area contributed by atoms with Crippen LogP contribution in [0.4, 0.5) is 0 Å². The number of nitrogens with two attached hydrogens (primary N) is 1. The molecule has 2 aliphatic carbocycles. The van der Waals surface area contributed by atoms with Crippen LogP contribution in [0.2, 0.25) is 0 Å². The Balaban J connectivity index is 1.96. The first-order valence-electron chi connectivity index (χ1n) is 8.12. The van der Waals surface area contributed by atoms with Gasteiger partial charge in [-0.15, -0.1) is 0 Å². The summed E-state index contributed by atoms with van der Waals surface area (Å²) in [5.74, 6) is 4.40. The van der Waals surface area contributed by atoms with Crippen LogP contribution >= 0.6 is 0 Å². The van der Waals surface area contributed by atoms with Crippen LogP contribution in [-0.2, 0) is 6.42 Å². The number of benzene rings is 1. The molecule has 1 aromatic carbocycles. The SMILES string of the molecule is COc1cc(C2CC3CCC2C3)c(OC)cc1CC(C)N. The summed E-state index contributed by atoms with van der Waals surface area (Å²) in [4.78, 5) is 0. The van der Waals surface area contributed by atoms with Crippen LogP contribution in [0.15, 0.2) is 12.1 Å². The Morgan fingerprint density at radius 2 is 1.90 bits per heavy atom. The smallest absolute Gasteiger partial charge is 0.122 e. The molecule has 2 N–H and O–H groups in total. The van der Waals surface area contributed by atoms with Crippen molar-refractivity contribution in [2.24, 2.45) is 17.6 Å². The van der Waals surface area contributed by atoms with E-state index in [1.807, 2.05) is 6.92 Å². The monoisotopic (exact) mass is 289 g/mol. The van der Waals surface area contributed by atoms with Crippen LogP contribution in [0.5, 0.6) is 11.5 Å². The van der Waals surface area contributed by atoms with Gasteiger partial charge in [-0.05, 0) is 68.1 Å². The third-order valence-corrected chi connectivity index (χ3v) is 5.31. The van der Waals surface area contributed by atoms with Gasteiger partial charge in [-0.25, -0.2) is 0 Å². The summed E-state index contributed by atoms with van der Waals surface area (Å²) in [6, 6.07) is 4.47. The number of rotatable bonds is 5. The van der Waals surface area contributed by atoms with Crippen molar-refractivity contribution in [1.82, 2.24) is 0 Å². The number of hydrogen-bond acceptors (Lipinski definition) is 3. The standard InChI is InChI=1S/C18H27NO2/c1-11(19)6-14-9-18(21-3)16(10-17(14)20-2)15-8-12-4-5-13(15)7-12/h9-13,15H,4-8,19H2,1-3H3. The molecule has 0 aromatic heterocycles. The highest BCUT2D eigenvalue weighted by atomic mass is 16.5. The maximum absolute atomic E-state index is 5.95. The largest absolute Gasteiger partial charge is 0.496 e. The first-order chi connectivity index (χ1) is 10.1. The second kappa shape index (κ2) is 5.88. The topological polar surface area (TPSA) is 44.5 Å². The van der Waals surface area contributed by atoms with Gasteiger partial charge < -0.3 is 15.2 Å². The van der Waals surface area contributed by atoms with Gasteiger partial charge in [0.05, 0.1) is 14.2 Å². The van der Waals surface area contributed by atoms with Gasteiger partial charge in [-0.1, -0.05) is 6.42 Å². The van der Waals surface area contributed by atoms with E-state index < -0.39 is 0 Å². The van der Waals surface area contributed by atoms with Crippen LogP contribution in [0.1, 0.15) is 49.7 Å². The molecule has 0 aliphatic heterocycles. The van der Waals surface area contributed by atoms with Crippen molar-refractivity contribution in [2.45, 2.75) is 51.0 Å². The van der Waals surface area contributed by atoms with Crippen molar-refractivity contribution < 1.29 is 9.47 Å². The van der Waals surface area contributed by atoms with Crippen LogP contribution in [-0.4, -0.2) is 20.3 Å². The molecular formula is C18H27NO2. The van der Waals surface area contributed by atoms with Gasteiger partial charge >= 0.3 is 0 Å². The molecule has 21 heavy (non-hydrogen) atoms. The molecule has 2 fully saturated rings. The second-order valence-corrected chi connectivity index (χ2v) is 6.87. The van der Waals surface area contributed by atoms with E-state index in [1.54, 1.807) is 14.2 Å². The molecule has 1 aromatic rings. The average molecular weight is 289 g/mol. The minimum Gasteiger partial charge on any atom is -0.496 e. The molecule has 0 radical (unpaired) electrons. The lowest BCUT2D eigenvalue weighted by molar-refractivity contribution is 0.369. The summed E-state index contributed by atoms with van der Waals surface area (Å²) in [6.45, 7) is 2.02. The Bertz CT molecular complexity index is 512. The van der Waals surface area contributed by atoms with Crippen molar-refractivity contribution in [2.75, 3.05) is 14.2 Å². The van der Waals surface area contributed by atoms with E-state index in [0.29, 0.717) is 5.92 Å². The van der Waals surface area contributed by atoms with Gasteiger partial charge in [0.2, 0.25) is 0 Å². The zero-order valence-corrected chi connectivity index (χ0v) is 13.4. The molecule has 3 nitrogen and oxygen atoms in total. The molecule has 0 amide bonds. The number of hydrogen-bond donors (Lipinski definition) is 1. The highest BCUT2D eigenvalue weighted by Crippen LogP contribution is 2.55. The fourth-order valence-corrected chi connectivity index (χ4v) is 4.41. The molecule has 0 spiro atoms. The zero-order chi connectivity index (χ0) is 15.0. The minimum atomic E-state index is 0.122. The van der Waals surface area contributed by atoms with E-state index >= 15 is 0 Å². The second-order valence-electron chi connectivity index (χ2n) is 6.87. The third-order valence-electron chi connectivity index (χ3n) is 5.31. The van der Waals surface area contributed by atoms with Gasteiger partial charge in [0.15, 0.2) is 0 Å². The van der Waals surface area contributed by atoms with Crippen molar-refractivity contribution in [1.29, 1.82) is 0 Å². The van der Waals surface area contributed by atoms with Crippen molar-refractivity contribution in [3.05, 3.63) is 23.3 Å². The van der Waals surface area contributed by atoms with Gasteiger partial charge in [-0.3, -0.25) is 0 Å². The van der Waals surface area contributed by atoms with Crippen LogP contribution in [0, 0.1) is 11.8 Å². The van der Waals surface area contributed by atoms with Crippen LogP contribution < -0.4 is 15.2 Å². The lowest BCUT2D eigenvalue weighted by Gasteiger charge is -2.25. The van der Waals surface area contributed by atoms with Gasteiger partial charge in [0.25, 0.3) is 0 Å². The number of ether oxygens (including phenoxy) is 2. The maximum Gasteiger partial charge on any atom is 0.122 e. The molecule has 0 heterocycles.